The molecule has 2 nitrogen and oxygen atoms in total. The van der Waals surface area contributed by atoms with Gasteiger partial charge < -0.3 is 10.4 Å². The Labute approximate surface area is 75.4 Å². The molecule has 1 saturated carbocycles. The third-order valence-corrected chi connectivity index (χ3v) is 2.60. The Balaban J connectivity index is 1.77. The largest absolute Gasteiger partial charge is 0.393 e. The summed E-state index contributed by atoms with van der Waals surface area (Å²) in [5.41, 5.74) is 0. The second-order valence-electron chi connectivity index (χ2n) is 3.90. The van der Waals surface area contributed by atoms with Crippen molar-refractivity contribution in [1.29, 1.82) is 0 Å². The highest BCUT2D eigenvalue weighted by Gasteiger charge is 2.26. The van der Waals surface area contributed by atoms with Crippen LogP contribution >= 0.6 is 0 Å². The van der Waals surface area contributed by atoms with Gasteiger partial charge in [-0.3, -0.25) is 0 Å². The second kappa shape index (κ2) is 5.55. The molecule has 0 saturated heterocycles. The van der Waals surface area contributed by atoms with E-state index in [9.17, 15) is 0 Å². The van der Waals surface area contributed by atoms with Crippen LogP contribution in [-0.2, 0) is 0 Å². The van der Waals surface area contributed by atoms with Gasteiger partial charge in [-0.15, -0.1) is 0 Å². The monoisotopic (exact) mass is 171 g/mol. The SMILES string of the molecule is CCCCCNCC1CC(O)C1. The minimum Gasteiger partial charge on any atom is -0.393 e. The summed E-state index contributed by atoms with van der Waals surface area (Å²) in [6.45, 7) is 4.49. The zero-order valence-corrected chi connectivity index (χ0v) is 8.05. The van der Waals surface area contributed by atoms with Gasteiger partial charge >= 0.3 is 0 Å². The molecule has 0 atom stereocenters. The van der Waals surface area contributed by atoms with Crippen molar-refractivity contribution in [1.82, 2.24) is 5.32 Å². The molecule has 0 radical (unpaired) electrons. The van der Waals surface area contributed by atoms with Gasteiger partial charge in [0.1, 0.15) is 0 Å². The number of aliphatic hydroxyl groups is 1. The van der Waals surface area contributed by atoms with E-state index >= 15 is 0 Å². The van der Waals surface area contributed by atoms with Crippen LogP contribution in [0.5, 0.6) is 0 Å². The number of rotatable bonds is 6. The zero-order chi connectivity index (χ0) is 8.81. The Morgan fingerprint density at radius 3 is 2.67 bits per heavy atom. The minimum absolute atomic E-state index is 0.00689. The van der Waals surface area contributed by atoms with E-state index in [1.807, 2.05) is 0 Å². The van der Waals surface area contributed by atoms with Crippen LogP contribution in [0.25, 0.3) is 0 Å². The first-order chi connectivity index (χ1) is 5.83. The predicted octanol–water partition coefficient (Wildman–Crippen LogP) is 1.54. The van der Waals surface area contributed by atoms with E-state index in [-0.39, 0.29) is 6.10 Å². The highest BCUT2D eigenvalue weighted by Crippen LogP contribution is 2.25. The van der Waals surface area contributed by atoms with Crippen molar-refractivity contribution in [3.05, 3.63) is 0 Å². The Bertz CT molecular complexity index is 110. The van der Waals surface area contributed by atoms with Crippen LogP contribution in [0.2, 0.25) is 0 Å². The molecule has 1 aliphatic carbocycles. The molecule has 0 aliphatic heterocycles. The van der Waals surface area contributed by atoms with E-state index in [0.29, 0.717) is 0 Å². The third-order valence-electron chi connectivity index (χ3n) is 2.60. The van der Waals surface area contributed by atoms with E-state index in [1.54, 1.807) is 0 Å². The van der Waals surface area contributed by atoms with Gasteiger partial charge in [-0.05, 0) is 38.3 Å². The van der Waals surface area contributed by atoms with Gasteiger partial charge in [0.25, 0.3) is 0 Å². The number of hydrogen-bond donors (Lipinski definition) is 2. The van der Waals surface area contributed by atoms with Gasteiger partial charge in [0.2, 0.25) is 0 Å². The van der Waals surface area contributed by atoms with Crippen molar-refractivity contribution >= 4 is 0 Å². The fourth-order valence-electron chi connectivity index (χ4n) is 1.67. The molecule has 72 valence electrons. The lowest BCUT2D eigenvalue weighted by atomic mass is 9.82. The summed E-state index contributed by atoms with van der Waals surface area (Å²) in [4.78, 5) is 0. The molecule has 0 spiro atoms. The first kappa shape index (κ1) is 10.0. The Morgan fingerprint density at radius 2 is 2.08 bits per heavy atom. The quantitative estimate of drug-likeness (QED) is 0.594. The third kappa shape index (κ3) is 3.55. The standard InChI is InChI=1S/C10H21NO/c1-2-3-4-5-11-8-9-6-10(12)7-9/h9-12H,2-8H2,1H3. The highest BCUT2D eigenvalue weighted by molar-refractivity contribution is 4.79. The molecule has 1 rings (SSSR count). The molecule has 0 aromatic carbocycles. The average Bonchev–Trinajstić information content (AvgIpc) is 2.00. The molecular formula is C10H21NO. The van der Waals surface area contributed by atoms with Crippen molar-refractivity contribution in [3.8, 4) is 0 Å². The van der Waals surface area contributed by atoms with Crippen LogP contribution < -0.4 is 5.32 Å². The van der Waals surface area contributed by atoms with Gasteiger partial charge in [-0.1, -0.05) is 19.8 Å². The first-order valence-electron chi connectivity index (χ1n) is 5.21. The maximum Gasteiger partial charge on any atom is 0.0546 e. The first-order valence-corrected chi connectivity index (χ1v) is 5.21. The van der Waals surface area contributed by atoms with E-state index in [2.05, 4.69) is 12.2 Å². The average molecular weight is 171 g/mol. The van der Waals surface area contributed by atoms with Crippen molar-refractivity contribution in [2.75, 3.05) is 13.1 Å². The molecule has 0 unspecified atom stereocenters. The van der Waals surface area contributed by atoms with E-state index in [1.165, 1.54) is 19.3 Å². The zero-order valence-electron chi connectivity index (χ0n) is 8.05. The van der Waals surface area contributed by atoms with Crippen LogP contribution in [-0.4, -0.2) is 24.3 Å². The maximum atomic E-state index is 9.03. The molecule has 2 heteroatoms. The van der Waals surface area contributed by atoms with Crippen LogP contribution in [0, 0.1) is 5.92 Å². The van der Waals surface area contributed by atoms with Crippen molar-refractivity contribution in [3.63, 3.8) is 0 Å². The number of nitrogens with one attached hydrogen (secondary N) is 1. The summed E-state index contributed by atoms with van der Waals surface area (Å²) >= 11 is 0. The van der Waals surface area contributed by atoms with Crippen LogP contribution in [0.1, 0.15) is 39.0 Å². The Hall–Kier alpha value is -0.0800. The molecule has 0 bridgehead atoms. The van der Waals surface area contributed by atoms with Gasteiger partial charge in [0, 0.05) is 0 Å². The van der Waals surface area contributed by atoms with Gasteiger partial charge in [-0.25, -0.2) is 0 Å². The van der Waals surface area contributed by atoms with Crippen LogP contribution in [0.4, 0.5) is 0 Å². The van der Waals surface area contributed by atoms with E-state index in [0.717, 1.165) is 31.8 Å². The summed E-state index contributed by atoms with van der Waals surface area (Å²) < 4.78 is 0. The van der Waals surface area contributed by atoms with Crippen molar-refractivity contribution < 1.29 is 5.11 Å². The summed E-state index contributed by atoms with van der Waals surface area (Å²) in [6, 6.07) is 0. The smallest absolute Gasteiger partial charge is 0.0546 e. The van der Waals surface area contributed by atoms with E-state index in [4.69, 9.17) is 5.11 Å². The van der Waals surface area contributed by atoms with E-state index < -0.39 is 0 Å². The number of aliphatic hydroxyl groups excluding tert-OH is 1. The van der Waals surface area contributed by atoms with Gasteiger partial charge in [0.05, 0.1) is 6.10 Å². The summed E-state index contributed by atoms with van der Waals surface area (Å²) in [6.07, 6.45) is 5.96. The summed E-state index contributed by atoms with van der Waals surface area (Å²) in [5.74, 6) is 0.752. The maximum absolute atomic E-state index is 9.03. The lowest BCUT2D eigenvalue weighted by Crippen LogP contribution is -2.36. The molecule has 1 fully saturated rings. The molecule has 0 aromatic rings. The fraction of sp³-hybridized carbons (Fsp3) is 1.00. The fourth-order valence-corrected chi connectivity index (χ4v) is 1.67. The normalized spacial score (nSPS) is 28.5. The molecular weight excluding hydrogens is 150 g/mol. The molecule has 0 aromatic heterocycles. The second-order valence-corrected chi connectivity index (χ2v) is 3.90. The van der Waals surface area contributed by atoms with Gasteiger partial charge in [0.15, 0.2) is 0 Å². The number of hydrogen-bond acceptors (Lipinski definition) is 2. The van der Waals surface area contributed by atoms with Gasteiger partial charge in [-0.2, -0.15) is 0 Å². The lowest BCUT2D eigenvalue weighted by Gasteiger charge is -2.31. The van der Waals surface area contributed by atoms with Crippen molar-refractivity contribution in [2.24, 2.45) is 5.92 Å². The summed E-state index contributed by atoms with van der Waals surface area (Å²) in [7, 11) is 0. The Morgan fingerprint density at radius 1 is 1.33 bits per heavy atom. The molecule has 1 aliphatic rings. The topological polar surface area (TPSA) is 32.3 Å². The minimum atomic E-state index is 0.00689. The number of unbranched alkanes of at least 4 members (excludes halogenated alkanes) is 2. The predicted molar refractivity (Wildman–Crippen MR) is 51.1 cm³/mol. The lowest BCUT2D eigenvalue weighted by molar-refractivity contribution is 0.0431. The Kier molecular flexibility index (Phi) is 4.62. The molecule has 12 heavy (non-hydrogen) atoms. The molecule has 2 N–H and O–H groups in total. The molecule has 0 amide bonds. The summed E-state index contributed by atoms with van der Waals surface area (Å²) in [5, 5.41) is 12.5. The van der Waals surface area contributed by atoms with Crippen molar-refractivity contribution in [2.45, 2.75) is 45.1 Å². The molecule has 0 heterocycles. The van der Waals surface area contributed by atoms with Crippen LogP contribution in [0.15, 0.2) is 0 Å². The highest BCUT2D eigenvalue weighted by atomic mass is 16.3. The van der Waals surface area contributed by atoms with Crippen LogP contribution in [0.3, 0.4) is 0 Å².